The van der Waals surface area contributed by atoms with Crippen molar-refractivity contribution in [2.45, 2.75) is 237 Å². The molecule has 0 atom stereocenters. The highest BCUT2D eigenvalue weighted by atomic mass is 14.2. The highest BCUT2D eigenvalue weighted by molar-refractivity contribution is 6.37. The first-order valence-corrected chi connectivity index (χ1v) is 19.3. The van der Waals surface area contributed by atoms with Gasteiger partial charge in [0.2, 0.25) is 0 Å². The minimum atomic E-state index is 0.947. The van der Waals surface area contributed by atoms with Gasteiger partial charge in [0, 0.05) is 0 Å². The third kappa shape index (κ3) is 23.3. The Hall–Kier alpha value is 0.0649. The van der Waals surface area contributed by atoms with E-state index in [1.807, 2.05) is 0 Å². The molecule has 2 saturated heterocycles. The Bertz CT molecular complexity index is 418. The Labute approximate surface area is 249 Å². The fraction of sp³-hybridized carbons (Fsp3) is 1.00. The van der Waals surface area contributed by atoms with Gasteiger partial charge in [0.15, 0.2) is 0 Å². The van der Waals surface area contributed by atoms with Gasteiger partial charge in [-0.1, -0.05) is 237 Å². The monoisotopic (exact) mass is 542 g/mol. The summed E-state index contributed by atoms with van der Waals surface area (Å²) in [5.41, 5.74) is 0. The zero-order valence-electron chi connectivity index (χ0n) is 27.2. The van der Waals surface area contributed by atoms with Gasteiger partial charge in [-0.15, -0.1) is 0 Å². The fourth-order valence-electron chi connectivity index (χ4n) is 7.68. The van der Waals surface area contributed by atoms with Gasteiger partial charge in [-0.2, -0.15) is 0 Å². The van der Waals surface area contributed by atoms with Crippen LogP contribution in [0.25, 0.3) is 0 Å². The molecular formula is C38H74B. The molecule has 2 heterocycles. The van der Waals surface area contributed by atoms with Gasteiger partial charge in [0.1, 0.15) is 7.28 Å². The highest BCUT2D eigenvalue weighted by Gasteiger charge is 2.17. The largest absolute Gasteiger partial charge is 0.113 e. The van der Waals surface area contributed by atoms with E-state index in [1.165, 1.54) is 231 Å². The van der Waals surface area contributed by atoms with Crippen molar-refractivity contribution in [3.63, 3.8) is 0 Å². The summed E-state index contributed by atoms with van der Waals surface area (Å²) in [6.07, 6.45) is 53.9. The van der Waals surface area contributed by atoms with E-state index in [4.69, 9.17) is 0 Å². The Morgan fingerprint density at radius 2 is 0.487 bits per heavy atom. The first-order valence-electron chi connectivity index (χ1n) is 19.3. The van der Waals surface area contributed by atoms with Crippen LogP contribution < -0.4 is 0 Å². The SMILES string of the molecule is [B]1CCCCCCCCCCCCCCCCCCCCCCCCCCCCCCC2CCCC1CCC2. The molecule has 3 aliphatic rings. The summed E-state index contributed by atoms with van der Waals surface area (Å²) in [5, 5.41) is 0. The molecule has 3 rings (SSSR count). The molecule has 0 spiro atoms. The van der Waals surface area contributed by atoms with E-state index in [9.17, 15) is 0 Å². The van der Waals surface area contributed by atoms with E-state index in [0.29, 0.717) is 0 Å². The molecule has 2 aliphatic heterocycles. The van der Waals surface area contributed by atoms with Gasteiger partial charge in [-0.3, -0.25) is 0 Å². The van der Waals surface area contributed by atoms with Crippen molar-refractivity contribution in [2.24, 2.45) is 5.92 Å². The first-order chi connectivity index (χ1) is 19.4. The Balaban J connectivity index is 1.53. The molecule has 0 unspecified atom stereocenters. The van der Waals surface area contributed by atoms with Crippen LogP contribution in [-0.4, -0.2) is 7.28 Å². The van der Waals surface area contributed by atoms with Crippen molar-refractivity contribution in [3.05, 3.63) is 0 Å². The van der Waals surface area contributed by atoms with Gasteiger partial charge in [0.05, 0.1) is 0 Å². The molecule has 1 heteroatoms. The second kappa shape index (κ2) is 28.2. The molecule has 39 heavy (non-hydrogen) atoms. The van der Waals surface area contributed by atoms with Crippen molar-refractivity contribution < 1.29 is 0 Å². The third-order valence-electron chi connectivity index (χ3n) is 10.4. The van der Waals surface area contributed by atoms with Crippen molar-refractivity contribution >= 4 is 7.28 Å². The van der Waals surface area contributed by atoms with E-state index >= 15 is 0 Å². The van der Waals surface area contributed by atoms with Crippen LogP contribution in [0.2, 0.25) is 12.1 Å². The van der Waals surface area contributed by atoms with E-state index in [2.05, 4.69) is 7.28 Å². The molecule has 2 bridgehead atoms. The van der Waals surface area contributed by atoms with Crippen LogP contribution in [0.4, 0.5) is 0 Å². The quantitative estimate of drug-likeness (QED) is 0.268. The molecule has 0 nitrogen and oxygen atoms in total. The average Bonchev–Trinajstić information content (AvgIpc) is 2.93. The summed E-state index contributed by atoms with van der Waals surface area (Å²) in [6, 6.07) is 0. The van der Waals surface area contributed by atoms with Crippen LogP contribution in [0.15, 0.2) is 0 Å². The summed E-state index contributed by atoms with van der Waals surface area (Å²) in [6.45, 7) is 0. The normalized spacial score (nSPS) is 28.1. The summed E-state index contributed by atoms with van der Waals surface area (Å²) >= 11 is 0. The molecule has 1 radical (unpaired) electrons. The first kappa shape index (κ1) is 35.3. The summed E-state index contributed by atoms with van der Waals surface area (Å²) in [7, 11) is 2.75. The molecule has 0 aromatic heterocycles. The molecule has 3 fully saturated rings. The Kier molecular flexibility index (Phi) is 25.5. The fourth-order valence-corrected chi connectivity index (χ4v) is 7.68. The van der Waals surface area contributed by atoms with Gasteiger partial charge in [0.25, 0.3) is 0 Å². The van der Waals surface area contributed by atoms with Gasteiger partial charge >= 0.3 is 0 Å². The highest BCUT2D eigenvalue weighted by Crippen LogP contribution is 2.32. The predicted molar refractivity (Wildman–Crippen MR) is 179 cm³/mol. The van der Waals surface area contributed by atoms with Crippen molar-refractivity contribution in [3.8, 4) is 0 Å². The maximum atomic E-state index is 2.75. The molecule has 1 aliphatic carbocycles. The van der Waals surface area contributed by atoms with Gasteiger partial charge in [-0.25, -0.2) is 0 Å². The van der Waals surface area contributed by atoms with Crippen LogP contribution >= 0.6 is 0 Å². The van der Waals surface area contributed by atoms with Crippen molar-refractivity contribution in [1.29, 1.82) is 0 Å². The lowest BCUT2D eigenvalue weighted by Gasteiger charge is -2.24. The third-order valence-corrected chi connectivity index (χ3v) is 10.4. The standard InChI is InChI=1S/C38H74B/c1-2-4-6-8-10-12-14-16-18-20-22-24-26-28-36-39-38-34-29-32-37(33-30-35-38)31-27-25-23-21-19-17-15-13-11-9-7-5-3-1/h37-38H,1-36H2. The maximum absolute atomic E-state index is 2.75. The lowest BCUT2D eigenvalue weighted by Crippen LogP contribution is -2.10. The number of hydrogen-bond donors (Lipinski definition) is 0. The molecule has 0 amide bonds. The molecule has 229 valence electrons. The predicted octanol–water partition coefficient (Wildman–Crippen LogP) is 14.2. The van der Waals surface area contributed by atoms with Crippen LogP contribution in [-0.2, 0) is 0 Å². The van der Waals surface area contributed by atoms with Crippen molar-refractivity contribution in [1.82, 2.24) is 0 Å². The van der Waals surface area contributed by atoms with Crippen LogP contribution in [0.1, 0.15) is 225 Å². The second-order valence-electron chi connectivity index (χ2n) is 14.2. The zero-order valence-corrected chi connectivity index (χ0v) is 27.2. The average molecular weight is 542 g/mol. The number of hydrogen-bond acceptors (Lipinski definition) is 0. The lowest BCUT2D eigenvalue weighted by molar-refractivity contribution is 0.346. The topological polar surface area (TPSA) is 0 Å². The minimum Gasteiger partial charge on any atom is -0.0800 e. The van der Waals surface area contributed by atoms with Crippen LogP contribution in [0.3, 0.4) is 0 Å². The lowest BCUT2D eigenvalue weighted by atomic mass is 9.57. The van der Waals surface area contributed by atoms with Crippen molar-refractivity contribution in [2.75, 3.05) is 0 Å². The maximum Gasteiger partial charge on any atom is 0.113 e. The number of rotatable bonds is 0. The Morgan fingerprint density at radius 1 is 0.231 bits per heavy atom. The van der Waals surface area contributed by atoms with E-state index in [-0.39, 0.29) is 0 Å². The summed E-state index contributed by atoms with van der Waals surface area (Å²) in [5.74, 6) is 2.01. The number of fused-ring (bicyclic) bond motifs is 34. The van der Waals surface area contributed by atoms with Gasteiger partial charge in [-0.05, 0) is 5.92 Å². The Morgan fingerprint density at radius 3 is 0.821 bits per heavy atom. The second-order valence-corrected chi connectivity index (χ2v) is 14.2. The molecular weight excluding hydrogens is 467 g/mol. The molecule has 0 aromatic carbocycles. The van der Waals surface area contributed by atoms with E-state index in [0.717, 1.165) is 11.7 Å². The summed E-state index contributed by atoms with van der Waals surface area (Å²) in [4.78, 5) is 0. The van der Waals surface area contributed by atoms with Crippen LogP contribution in [0, 0.1) is 5.92 Å². The zero-order chi connectivity index (χ0) is 27.3. The molecule has 0 N–H and O–H groups in total. The smallest absolute Gasteiger partial charge is 0.0800 e. The molecule has 1 saturated carbocycles. The van der Waals surface area contributed by atoms with Gasteiger partial charge < -0.3 is 0 Å². The van der Waals surface area contributed by atoms with E-state index in [1.54, 1.807) is 0 Å². The minimum absolute atomic E-state index is 0.947. The summed E-state index contributed by atoms with van der Waals surface area (Å²) < 4.78 is 0. The molecule has 0 aromatic rings. The van der Waals surface area contributed by atoms with E-state index < -0.39 is 0 Å². The van der Waals surface area contributed by atoms with Crippen LogP contribution in [0.5, 0.6) is 0 Å².